The van der Waals surface area contributed by atoms with Gasteiger partial charge in [0.05, 0.1) is 12.2 Å². The average Bonchev–Trinajstić information content (AvgIpc) is 2.69. The summed E-state index contributed by atoms with van der Waals surface area (Å²) in [4.78, 5) is 27.0. The summed E-state index contributed by atoms with van der Waals surface area (Å²) in [5.41, 5.74) is 0.556. The zero-order valence-electron chi connectivity index (χ0n) is 16.5. The molecule has 3 rings (SSSR count). The molecule has 0 spiro atoms. The van der Waals surface area contributed by atoms with E-state index in [-0.39, 0.29) is 17.2 Å². The second-order valence-corrected chi connectivity index (χ2v) is 7.17. The van der Waals surface area contributed by atoms with Crippen molar-refractivity contribution in [2.75, 3.05) is 37.4 Å². The molecule has 1 aliphatic heterocycles. The summed E-state index contributed by atoms with van der Waals surface area (Å²) in [5, 5.41) is 5.23. The number of alkyl halides is 3. The minimum absolute atomic E-state index is 0.0274. The first-order valence-electron chi connectivity index (χ1n) is 9.34. The van der Waals surface area contributed by atoms with Gasteiger partial charge in [-0.15, -0.1) is 0 Å². The van der Waals surface area contributed by atoms with Crippen molar-refractivity contribution >= 4 is 23.2 Å². The van der Waals surface area contributed by atoms with Gasteiger partial charge in [-0.3, -0.25) is 9.59 Å². The molecule has 0 saturated carbocycles. The van der Waals surface area contributed by atoms with Gasteiger partial charge in [-0.1, -0.05) is 12.1 Å². The Morgan fingerprint density at radius 1 is 1.13 bits per heavy atom. The van der Waals surface area contributed by atoms with Crippen LogP contribution in [0.1, 0.15) is 21.5 Å². The summed E-state index contributed by atoms with van der Waals surface area (Å²) in [7, 11) is 1.90. The van der Waals surface area contributed by atoms with Gasteiger partial charge >= 0.3 is 6.18 Å². The van der Waals surface area contributed by atoms with E-state index in [4.69, 9.17) is 4.74 Å². The maximum atomic E-state index is 12.9. The molecular weight excluding hydrogens is 399 g/mol. The number of amides is 2. The molecule has 1 heterocycles. The Bertz CT molecular complexity index is 947. The Kier molecular flexibility index (Phi) is 6.42. The molecule has 0 bridgehead atoms. The van der Waals surface area contributed by atoms with Gasteiger partial charge in [0, 0.05) is 30.0 Å². The number of halogens is 3. The van der Waals surface area contributed by atoms with Crippen LogP contribution in [0.2, 0.25) is 0 Å². The van der Waals surface area contributed by atoms with Crippen molar-refractivity contribution in [1.29, 1.82) is 0 Å². The SMILES string of the molecule is Cc1ccc(C(=O)Nc2cccc(C(F)(F)F)c2)cc1NC(=O)C1CN(C)CCO1. The predicted octanol–water partition coefficient (Wildman–Crippen LogP) is 3.54. The Morgan fingerprint density at radius 3 is 2.60 bits per heavy atom. The van der Waals surface area contributed by atoms with E-state index in [0.717, 1.165) is 24.2 Å². The number of morpholine rings is 1. The Labute approximate surface area is 172 Å². The van der Waals surface area contributed by atoms with E-state index >= 15 is 0 Å². The maximum Gasteiger partial charge on any atom is 0.416 e. The first kappa shape index (κ1) is 21.8. The quantitative estimate of drug-likeness (QED) is 0.793. The number of aryl methyl sites for hydroxylation is 1. The summed E-state index contributed by atoms with van der Waals surface area (Å²) < 4.78 is 44.1. The van der Waals surface area contributed by atoms with Gasteiger partial charge < -0.3 is 20.3 Å². The van der Waals surface area contributed by atoms with Crippen LogP contribution in [0.5, 0.6) is 0 Å². The van der Waals surface area contributed by atoms with Crippen molar-refractivity contribution < 1.29 is 27.5 Å². The number of hydrogen-bond acceptors (Lipinski definition) is 4. The normalized spacial score (nSPS) is 17.4. The van der Waals surface area contributed by atoms with Crippen molar-refractivity contribution in [3.05, 3.63) is 59.2 Å². The van der Waals surface area contributed by atoms with Crippen LogP contribution < -0.4 is 10.6 Å². The molecule has 0 radical (unpaired) electrons. The lowest BCUT2D eigenvalue weighted by molar-refractivity contribution is -0.137. The van der Waals surface area contributed by atoms with Crippen molar-refractivity contribution in [2.24, 2.45) is 0 Å². The molecule has 2 amide bonds. The van der Waals surface area contributed by atoms with Gasteiger partial charge in [-0.05, 0) is 49.9 Å². The number of anilines is 2. The molecule has 6 nitrogen and oxygen atoms in total. The molecule has 9 heteroatoms. The largest absolute Gasteiger partial charge is 0.416 e. The lowest BCUT2D eigenvalue weighted by Gasteiger charge is -2.29. The second-order valence-electron chi connectivity index (χ2n) is 7.17. The minimum atomic E-state index is -4.50. The number of likely N-dealkylation sites (N-methyl/N-ethyl adjacent to an activating group) is 1. The first-order chi connectivity index (χ1) is 14.1. The average molecular weight is 421 g/mol. The van der Waals surface area contributed by atoms with Crippen molar-refractivity contribution in [2.45, 2.75) is 19.2 Å². The number of ether oxygens (including phenoxy) is 1. The van der Waals surface area contributed by atoms with E-state index in [1.165, 1.54) is 18.2 Å². The molecule has 2 aromatic rings. The maximum absolute atomic E-state index is 12.9. The number of carbonyl (C=O) groups is 2. The molecule has 1 atom stereocenters. The van der Waals surface area contributed by atoms with E-state index in [1.54, 1.807) is 19.1 Å². The fourth-order valence-corrected chi connectivity index (χ4v) is 3.02. The van der Waals surface area contributed by atoms with E-state index < -0.39 is 23.8 Å². The van der Waals surface area contributed by atoms with Gasteiger partial charge in [-0.2, -0.15) is 13.2 Å². The molecule has 30 heavy (non-hydrogen) atoms. The highest BCUT2D eigenvalue weighted by atomic mass is 19.4. The lowest BCUT2D eigenvalue weighted by atomic mass is 10.1. The van der Waals surface area contributed by atoms with Crippen LogP contribution in [-0.2, 0) is 15.7 Å². The number of nitrogens with zero attached hydrogens (tertiary/aromatic N) is 1. The standard InChI is InChI=1S/C21H22F3N3O3/c1-13-6-7-14(10-17(13)26-20(29)18-12-27(2)8-9-30-18)19(28)25-16-5-3-4-15(11-16)21(22,23)24/h3-7,10-11,18H,8-9,12H2,1-2H3,(H,25,28)(H,26,29). The van der Waals surface area contributed by atoms with E-state index in [9.17, 15) is 22.8 Å². The summed E-state index contributed by atoms with van der Waals surface area (Å²) in [6, 6.07) is 9.08. The molecule has 1 fully saturated rings. The van der Waals surface area contributed by atoms with E-state index in [0.29, 0.717) is 18.8 Å². The second kappa shape index (κ2) is 8.85. The Morgan fingerprint density at radius 2 is 1.90 bits per heavy atom. The zero-order chi connectivity index (χ0) is 21.9. The summed E-state index contributed by atoms with van der Waals surface area (Å²) in [5.74, 6) is -0.904. The van der Waals surface area contributed by atoms with Crippen molar-refractivity contribution in [3.63, 3.8) is 0 Å². The lowest BCUT2D eigenvalue weighted by Crippen LogP contribution is -2.46. The van der Waals surface area contributed by atoms with Gasteiger partial charge in [-0.25, -0.2) is 0 Å². The fraction of sp³-hybridized carbons (Fsp3) is 0.333. The van der Waals surface area contributed by atoms with Gasteiger partial charge in [0.15, 0.2) is 0 Å². The highest BCUT2D eigenvalue weighted by Crippen LogP contribution is 2.30. The van der Waals surface area contributed by atoms with Crippen LogP contribution in [0.3, 0.4) is 0 Å². The Balaban J connectivity index is 1.73. The molecule has 1 unspecified atom stereocenters. The molecule has 1 aliphatic rings. The topological polar surface area (TPSA) is 70.7 Å². The zero-order valence-corrected chi connectivity index (χ0v) is 16.5. The number of nitrogens with one attached hydrogen (secondary N) is 2. The number of benzene rings is 2. The predicted molar refractivity (Wildman–Crippen MR) is 106 cm³/mol. The van der Waals surface area contributed by atoms with Crippen LogP contribution in [0, 0.1) is 6.92 Å². The fourth-order valence-electron chi connectivity index (χ4n) is 3.02. The minimum Gasteiger partial charge on any atom is -0.366 e. The van der Waals surface area contributed by atoms with Crippen LogP contribution >= 0.6 is 0 Å². The number of rotatable bonds is 4. The summed E-state index contributed by atoms with van der Waals surface area (Å²) >= 11 is 0. The first-order valence-corrected chi connectivity index (χ1v) is 9.34. The van der Waals surface area contributed by atoms with Crippen LogP contribution in [-0.4, -0.2) is 49.6 Å². The monoisotopic (exact) mass is 421 g/mol. The van der Waals surface area contributed by atoms with Crippen molar-refractivity contribution in [3.8, 4) is 0 Å². The van der Waals surface area contributed by atoms with E-state index in [2.05, 4.69) is 10.6 Å². The van der Waals surface area contributed by atoms with Crippen molar-refractivity contribution in [1.82, 2.24) is 4.90 Å². The molecule has 160 valence electrons. The van der Waals surface area contributed by atoms with Crippen LogP contribution in [0.25, 0.3) is 0 Å². The molecule has 0 aromatic heterocycles. The molecule has 0 aliphatic carbocycles. The van der Waals surface area contributed by atoms with E-state index in [1.807, 2.05) is 11.9 Å². The van der Waals surface area contributed by atoms with Crippen LogP contribution in [0.4, 0.5) is 24.5 Å². The number of hydrogen-bond donors (Lipinski definition) is 2. The molecule has 1 saturated heterocycles. The van der Waals surface area contributed by atoms with Crippen LogP contribution in [0.15, 0.2) is 42.5 Å². The van der Waals surface area contributed by atoms with Gasteiger partial charge in [0.2, 0.25) is 0 Å². The smallest absolute Gasteiger partial charge is 0.366 e. The summed E-state index contributed by atoms with van der Waals surface area (Å²) in [6.07, 6.45) is -5.12. The molecule has 2 aromatic carbocycles. The highest BCUT2D eigenvalue weighted by molar-refractivity contribution is 6.05. The van der Waals surface area contributed by atoms with Gasteiger partial charge in [0.25, 0.3) is 11.8 Å². The molecule has 2 N–H and O–H groups in total. The highest BCUT2D eigenvalue weighted by Gasteiger charge is 2.30. The Hall–Kier alpha value is -2.91. The molecular formula is C21H22F3N3O3. The third-order valence-corrected chi connectivity index (χ3v) is 4.77. The van der Waals surface area contributed by atoms with Gasteiger partial charge in [0.1, 0.15) is 6.10 Å². The third kappa shape index (κ3) is 5.37. The third-order valence-electron chi connectivity index (χ3n) is 4.77. The summed E-state index contributed by atoms with van der Waals surface area (Å²) in [6.45, 7) is 3.43. The number of carbonyl (C=O) groups excluding carboxylic acids is 2.